The van der Waals surface area contributed by atoms with Gasteiger partial charge in [0.25, 0.3) is 5.56 Å². The van der Waals surface area contributed by atoms with Crippen LogP contribution in [-0.2, 0) is 4.74 Å². The summed E-state index contributed by atoms with van der Waals surface area (Å²) in [5.41, 5.74) is -1.19. The fourth-order valence-corrected chi connectivity index (χ4v) is 2.65. The molecule has 3 rings (SSSR count). The molecule has 5 atom stereocenters. The molecule has 0 bridgehead atoms. The average molecular weight is 375 g/mol. The summed E-state index contributed by atoms with van der Waals surface area (Å²) in [6.45, 7) is -0.646. The first-order valence-corrected chi connectivity index (χ1v) is 8.00. The molecule has 10 nitrogen and oxygen atoms in total. The minimum absolute atomic E-state index is 0.0876. The van der Waals surface area contributed by atoms with Crippen molar-refractivity contribution in [3.05, 3.63) is 62.7 Å². The molecule has 0 aromatic carbocycles. The van der Waals surface area contributed by atoms with Gasteiger partial charge in [0.15, 0.2) is 6.23 Å². The molecule has 0 amide bonds. The zero-order chi connectivity index (χ0) is 19.6. The number of pyridine rings is 1. The number of hydrogen-bond acceptors (Lipinski definition) is 8. The van der Waals surface area contributed by atoms with Crippen molar-refractivity contribution in [2.45, 2.75) is 30.6 Å². The fourth-order valence-electron chi connectivity index (χ4n) is 2.65. The van der Waals surface area contributed by atoms with Crippen LogP contribution >= 0.6 is 0 Å². The van der Waals surface area contributed by atoms with E-state index in [1.54, 1.807) is 18.3 Å². The van der Waals surface area contributed by atoms with Crippen LogP contribution in [0.1, 0.15) is 17.4 Å². The van der Waals surface area contributed by atoms with Gasteiger partial charge in [0.05, 0.1) is 6.61 Å². The van der Waals surface area contributed by atoms with Crippen molar-refractivity contribution in [2.75, 3.05) is 6.61 Å². The molecule has 142 valence electrons. The van der Waals surface area contributed by atoms with Gasteiger partial charge in [-0.2, -0.15) is 0 Å². The number of nitrogens with zero attached hydrogens (tertiary/aromatic N) is 2. The molecule has 27 heavy (non-hydrogen) atoms. The number of aromatic amines is 1. The summed E-state index contributed by atoms with van der Waals surface area (Å²) in [6, 6.07) is 3.35. The second-order valence-corrected chi connectivity index (χ2v) is 5.92. The number of nitrogens with one attached hydrogen (secondary N) is 1. The molecule has 1 aliphatic heterocycles. The summed E-state index contributed by atoms with van der Waals surface area (Å²) in [5.74, 6) is 5.32. The molecule has 1 aliphatic rings. The Hall–Kier alpha value is -2.81. The topological polar surface area (TPSA) is 158 Å². The monoisotopic (exact) mass is 375 g/mol. The zero-order valence-electron chi connectivity index (χ0n) is 13.9. The Bertz CT molecular complexity index is 974. The third kappa shape index (κ3) is 3.82. The molecule has 0 radical (unpaired) electrons. The van der Waals surface area contributed by atoms with E-state index in [4.69, 9.17) is 4.74 Å². The van der Waals surface area contributed by atoms with E-state index in [0.717, 1.165) is 10.8 Å². The molecule has 0 spiro atoms. The lowest BCUT2D eigenvalue weighted by Crippen LogP contribution is -2.58. The Kier molecular flexibility index (Phi) is 5.50. The lowest BCUT2D eigenvalue weighted by atomic mass is 9.98. The highest BCUT2D eigenvalue weighted by Crippen LogP contribution is 2.27. The van der Waals surface area contributed by atoms with Crippen molar-refractivity contribution in [2.24, 2.45) is 0 Å². The van der Waals surface area contributed by atoms with Crippen LogP contribution in [-0.4, -0.2) is 66.0 Å². The predicted octanol–water partition coefficient (Wildman–Crippen LogP) is -2.70. The van der Waals surface area contributed by atoms with E-state index in [-0.39, 0.29) is 5.56 Å². The highest BCUT2D eigenvalue weighted by atomic mass is 16.6. The number of aromatic nitrogens is 3. The molecular formula is C17H17N3O7. The van der Waals surface area contributed by atoms with Gasteiger partial charge in [-0.25, -0.2) is 4.79 Å². The first kappa shape index (κ1) is 19.0. The first-order valence-electron chi connectivity index (χ1n) is 8.00. The van der Waals surface area contributed by atoms with Crippen LogP contribution in [0.5, 0.6) is 0 Å². The van der Waals surface area contributed by atoms with Gasteiger partial charge in [-0.15, -0.1) is 0 Å². The zero-order valence-corrected chi connectivity index (χ0v) is 13.9. The van der Waals surface area contributed by atoms with E-state index >= 15 is 0 Å². The maximum absolute atomic E-state index is 12.1. The first-order chi connectivity index (χ1) is 12.9. The Morgan fingerprint density at radius 3 is 2.63 bits per heavy atom. The van der Waals surface area contributed by atoms with Gasteiger partial charge in [0, 0.05) is 24.2 Å². The van der Waals surface area contributed by atoms with E-state index in [0.29, 0.717) is 5.56 Å². The van der Waals surface area contributed by atoms with Crippen LogP contribution in [0.3, 0.4) is 0 Å². The number of H-pyrrole nitrogens is 1. The third-order valence-electron chi connectivity index (χ3n) is 4.11. The minimum Gasteiger partial charge on any atom is -0.394 e. The summed E-state index contributed by atoms with van der Waals surface area (Å²) >= 11 is 0. The number of ether oxygens (including phenoxy) is 1. The molecule has 10 heteroatoms. The highest BCUT2D eigenvalue weighted by molar-refractivity contribution is 5.39. The van der Waals surface area contributed by atoms with E-state index < -0.39 is 48.5 Å². The maximum atomic E-state index is 12.1. The fraction of sp³-hybridized carbons (Fsp3) is 0.353. The van der Waals surface area contributed by atoms with Crippen LogP contribution in [0.4, 0.5) is 0 Å². The lowest BCUT2D eigenvalue weighted by Gasteiger charge is -2.40. The molecule has 2 aromatic rings. The van der Waals surface area contributed by atoms with E-state index in [2.05, 4.69) is 21.8 Å². The predicted molar refractivity (Wildman–Crippen MR) is 90.6 cm³/mol. The van der Waals surface area contributed by atoms with E-state index in [9.17, 15) is 30.0 Å². The van der Waals surface area contributed by atoms with Crippen molar-refractivity contribution >= 4 is 0 Å². The standard InChI is InChI=1S/C17H17N3O7/c21-8-11-12(22)13(23)14(24)16(27-11)20-7-10(15(25)19-17(20)26)4-3-9-2-1-5-18-6-9/h1-2,5-7,11-14,16,21-24H,8H2,(H,19,25,26)/t11-,12-,13+,14-,16-/m1/s1. The van der Waals surface area contributed by atoms with Crippen LogP contribution < -0.4 is 11.2 Å². The van der Waals surface area contributed by atoms with Gasteiger partial charge < -0.3 is 25.2 Å². The average Bonchev–Trinajstić information content (AvgIpc) is 2.67. The van der Waals surface area contributed by atoms with E-state index in [1.165, 1.54) is 6.20 Å². The summed E-state index contributed by atoms with van der Waals surface area (Å²) in [5, 5.41) is 39.1. The largest absolute Gasteiger partial charge is 0.394 e. The minimum atomic E-state index is -1.68. The van der Waals surface area contributed by atoms with Crippen molar-refractivity contribution < 1.29 is 25.2 Å². The van der Waals surface area contributed by atoms with Gasteiger partial charge >= 0.3 is 5.69 Å². The second-order valence-electron chi connectivity index (χ2n) is 5.92. The molecule has 2 aromatic heterocycles. The highest BCUT2D eigenvalue weighted by Gasteiger charge is 2.44. The quantitative estimate of drug-likeness (QED) is 0.355. The van der Waals surface area contributed by atoms with Gasteiger partial charge in [-0.1, -0.05) is 11.8 Å². The van der Waals surface area contributed by atoms with Gasteiger partial charge in [-0.05, 0) is 12.1 Å². The molecular weight excluding hydrogens is 358 g/mol. The summed E-state index contributed by atoms with van der Waals surface area (Å²) in [4.78, 5) is 30.1. The van der Waals surface area contributed by atoms with Crippen LogP contribution in [0.25, 0.3) is 0 Å². The number of aliphatic hydroxyl groups excluding tert-OH is 4. The van der Waals surface area contributed by atoms with Gasteiger partial charge in [0.2, 0.25) is 0 Å². The summed E-state index contributed by atoms with van der Waals surface area (Å²) < 4.78 is 6.17. The maximum Gasteiger partial charge on any atom is 0.330 e. The second kappa shape index (κ2) is 7.83. The molecule has 3 heterocycles. The third-order valence-corrected chi connectivity index (χ3v) is 4.11. The molecule has 0 aliphatic carbocycles. The molecule has 0 saturated carbocycles. The molecule has 5 N–H and O–H groups in total. The van der Waals surface area contributed by atoms with Crippen molar-refractivity contribution in [1.82, 2.24) is 14.5 Å². The Balaban J connectivity index is 2.00. The smallest absolute Gasteiger partial charge is 0.330 e. The van der Waals surface area contributed by atoms with Gasteiger partial charge in [-0.3, -0.25) is 19.3 Å². The Morgan fingerprint density at radius 1 is 1.19 bits per heavy atom. The van der Waals surface area contributed by atoms with Crippen molar-refractivity contribution in [1.29, 1.82) is 0 Å². The molecule has 1 fully saturated rings. The number of aliphatic hydroxyl groups is 4. The van der Waals surface area contributed by atoms with E-state index in [1.807, 2.05) is 0 Å². The number of hydrogen-bond donors (Lipinski definition) is 5. The van der Waals surface area contributed by atoms with Crippen molar-refractivity contribution in [3.8, 4) is 11.8 Å². The molecule has 0 unspecified atom stereocenters. The SMILES string of the molecule is O=c1[nH]c(=O)n([C@@H]2O[C@H](CO)[C@@H](O)[C@H](O)[C@H]2O)cc1C#Cc1cccnc1. The Labute approximate surface area is 152 Å². The summed E-state index contributed by atoms with van der Waals surface area (Å²) in [6.07, 6.45) is -3.40. The Morgan fingerprint density at radius 2 is 1.96 bits per heavy atom. The van der Waals surface area contributed by atoms with Gasteiger partial charge in [0.1, 0.15) is 30.0 Å². The van der Waals surface area contributed by atoms with Crippen LogP contribution in [0, 0.1) is 11.8 Å². The molecule has 1 saturated heterocycles. The normalized spacial score (nSPS) is 27.6. The van der Waals surface area contributed by atoms with Crippen LogP contribution in [0.15, 0.2) is 40.3 Å². The van der Waals surface area contributed by atoms with Crippen molar-refractivity contribution in [3.63, 3.8) is 0 Å². The summed E-state index contributed by atoms with van der Waals surface area (Å²) in [7, 11) is 0. The lowest BCUT2D eigenvalue weighted by molar-refractivity contribution is -0.252. The van der Waals surface area contributed by atoms with Crippen LogP contribution in [0.2, 0.25) is 0 Å². The number of rotatable bonds is 2.